The Morgan fingerprint density at radius 1 is 0.733 bits per heavy atom. The average Bonchev–Trinajstić information content (AvgIpc) is 2.77. The number of hydrogen-bond donors (Lipinski definition) is 1. The molecule has 164 valence electrons. The quantitative estimate of drug-likeness (QED) is 0.618. The monoisotopic (exact) mass is 418 g/mol. The van der Waals surface area contributed by atoms with Gasteiger partial charge in [0.1, 0.15) is 12.2 Å². The van der Waals surface area contributed by atoms with Gasteiger partial charge in [-0.3, -0.25) is 0 Å². The Kier molecular flexibility index (Phi) is 8.24. The Hall–Kier alpha value is -3.06. The zero-order valence-electron chi connectivity index (χ0n) is 18.5. The molecule has 0 amide bonds. The molecule has 2 rings (SSSR count). The molecule has 0 aliphatic carbocycles. The van der Waals surface area contributed by atoms with Gasteiger partial charge >= 0.3 is 0 Å². The SMILES string of the molecule is CC=Cc1cc(OC)c(O[C@H](C)[C@H](O)c2cc(OC)c(OC)c(OC)c2)c(OC)c1. The smallest absolute Gasteiger partial charge is 0.203 e. The molecule has 30 heavy (non-hydrogen) atoms. The highest BCUT2D eigenvalue weighted by molar-refractivity contribution is 5.62. The summed E-state index contributed by atoms with van der Waals surface area (Å²) >= 11 is 0. The first-order chi connectivity index (χ1) is 14.4. The summed E-state index contributed by atoms with van der Waals surface area (Å²) in [6, 6.07) is 7.07. The van der Waals surface area contributed by atoms with Gasteiger partial charge in [-0.15, -0.1) is 0 Å². The van der Waals surface area contributed by atoms with Crippen LogP contribution in [0.1, 0.15) is 31.1 Å². The first-order valence-corrected chi connectivity index (χ1v) is 9.47. The zero-order valence-corrected chi connectivity index (χ0v) is 18.5. The van der Waals surface area contributed by atoms with E-state index in [1.54, 1.807) is 33.3 Å². The van der Waals surface area contributed by atoms with Crippen molar-refractivity contribution in [2.24, 2.45) is 0 Å². The van der Waals surface area contributed by atoms with Crippen LogP contribution >= 0.6 is 0 Å². The molecule has 0 heterocycles. The number of methoxy groups -OCH3 is 5. The molecule has 0 bridgehead atoms. The minimum atomic E-state index is -0.983. The molecule has 0 radical (unpaired) electrons. The highest BCUT2D eigenvalue weighted by Crippen LogP contribution is 2.43. The lowest BCUT2D eigenvalue weighted by atomic mass is 10.0. The summed E-state index contributed by atoms with van der Waals surface area (Å²) in [4.78, 5) is 0. The van der Waals surface area contributed by atoms with E-state index in [1.165, 1.54) is 21.3 Å². The van der Waals surface area contributed by atoms with Crippen LogP contribution in [0.15, 0.2) is 30.3 Å². The van der Waals surface area contributed by atoms with Crippen molar-refractivity contribution in [2.45, 2.75) is 26.1 Å². The van der Waals surface area contributed by atoms with Gasteiger partial charge in [0.25, 0.3) is 0 Å². The highest BCUT2D eigenvalue weighted by atomic mass is 16.6. The summed E-state index contributed by atoms with van der Waals surface area (Å²) in [5.74, 6) is 2.77. The molecule has 2 aromatic rings. The summed E-state index contributed by atoms with van der Waals surface area (Å²) in [6.45, 7) is 3.69. The fourth-order valence-electron chi connectivity index (χ4n) is 3.10. The molecule has 7 nitrogen and oxygen atoms in total. The molecule has 7 heteroatoms. The van der Waals surface area contributed by atoms with Gasteiger partial charge in [-0.25, -0.2) is 0 Å². The Balaban J connectivity index is 2.39. The molecule has 1 N–H and O–H groups in total. The molecule has 0 aromatic heterocycles. The third kappa shape index (κ3) is 4.91. The van der Waals surface area contributed by atoms with E-state index in [4.69, 9.17) is 28.4 Å². The van der Waals surface area contributed by atoms with E-state index in [2.05, 4.69) is 0 Å². The van der Waals surface area contributed by atoms with Gasteiger partial charge in [-0.05, 0) is 49.2 Å². The van der Waals surface area contributed by atoms with E-state index in [0.29, 0.717) is 40.1 Å². The molecule has 0 spiro atoms. The number of benzene rings is 2. The first kappa shape index (κ1) is 23.2. The van der Waals surface area contributed by atoms with Gasteiger partial charge in [-0.2, -0.15) is 0 Å². The first-order valence-electron chi connectivity index (χ1n) is 9.47. The molecule has 0 saturated heterocycles. The van der Waals surface area contributed by atoms with E-state index < -0.39 is 12.2 Å². The van der Waals surface area contributed by atoms with Crippen LogP contribution in [-0.2, 0) is 0 Å². The van der Waals surface area contributed by atoms with E-state index >= 15 is 0 Å². The molecular weight excluding hydrogens is 388 g/mol. The summed E-state index contributed by atoms with van der Waals surface area (Å²) in [7, 11) is 7.69. The lowest BCUT2D eigenvalue weighted by molar-refractivity contribution is 0.0431. The Bertz CT molecular complexity index is 826. The maximum absolute atomic E-state index is 11.0. The van der Waals surface area contributed by atoms with Crippen molar-refractivity contribution < 1.29 is 33.5 Å². The van der Waals surface area contributed by atoms with Crippen LogP contribution < -0.4 is 28.4 Å². The maximum Gasteiger partial charge on any atom is 0.203 e. The van der Waals surface area contributed by atoms with Crippen LogP contribution in [0.5, 0.6) is 34.5 Å². The van der Waals surface area contributed by atoms with Crippen LogP contribution in [0.25, 0.3) is 6.08 Å². The van der Waals surface area contributed by atoms with E-state index in [0.717, 1.165) is 5.56 Å². The van der Waals surface area contributed by atoms with E-state index in [9.17, 15) is 5.11 Å². The molecule has 2 aromatic carbocycles. The van der Waals surface area contributed by atoms with Crippen LogP contribution in [0.4, 0.5) is 0 Å². The number of aliphatic hydroxyl groups is 1. The van der Waals surface area contributed by atoms with Gasteiger partial charge < -0.3 is 33.5 Å². The van der Waals surface area contributed by atoms with Crippen molar-refractivity contribution in [3.63, 3.8) is 0 Å². The second kappa shape index (κ2) is 10.6. The van der Waals surface area contributed by atoms with Crippen LogP contribution in [0.3, 0.4) is 0 Å². The summed E-state index contributed by atoms with van der Waals surface area (Å²) in [5, 5.41) is 11.0. The van der Waals surface area contributed by atoms with Crippen molar-refractivity contribution in [3.8, 4) is 34.5 Å². The van der Waals surface area contributed by atoms with Crippen molar-refractivity contribution in [1.82, 2.24) is 0 Å². The van der Waals surface area contributed by atoms with Gasteiger partial charge in [0, 0.05) is 0 Å². The highest BCUT2D eigenvalue weighted by Gasteiger charge is 2.25. The fraction of sp³-hybridized carbons (Fsp3) is 0.391. The molecule has 0 saturated carbocycles. The molecule has 0 unspecified atom stereocenters. The van der Waals surface area contributed by atoms with Gasteiger partial charge in [0.15, 0.2) is 23.0 Å². The predicted octanol–water partition coefficient (Wildman–Crippen LogP) is 4.26. The van der Waals surface area contributed by atoms with Crippen molar-refractivity contribution >= 4 is 6.08 Å². The predicted molar refractivity (Wildman–Crippen MR) is 115 cm³/mol. The fourth-order valence-corrected chi connectivity index (χ4v) is 3.10. The minimum Gasteiger partial charge on any atom is -0.493 e. The van der Waals surface area contributed by atoms with E-state index in [1.807, 2.05) is 31.2 Å². The zero-order chi connectivity index (χ0) is 22.3. The average molecular weight is 418 g/mol. The minimum absolute atomic E-state index is 0.409. The van der Waals surface area contributed by atoms with Gasteiger partial charge in [0.2, 0.25) is 11.5 Å². The molecular formula is C23H30O7. The summed E-state index contributed by atoms with van der Waals surface area (Å²) < 4.78 is 33.1. The maximum atomic E-state index is 11.0. The molecule has 0 aliphatic rings. The van der Waals surface area contributed by atoms with Crippen molar-refractivity contribution in [1.29, 1.82) is 0 Å². The summed E-state index contributed by atoms with van der Waals surface area (Å²) in [6.07, 6.45) is 2.24. The molecule has 0 fully saturated rings. The molecule has 2 atom stereocenters. The molecule has 0 aliphatic heterocycles. The Morgan fingerprint density at radius 3 is 1.60 bits per heavy atom. The number of ether oxygens (including phenoxy) is 6. The summed E-state index contributed by atoms with van der Waals surface area (Å²) in [5.41, 5.74) is 1.47. The Morgan fingerprint density at radius 2 is 1.20 bits per heavy atom. The van der Waals surface area contributed by atoms with Crippen LogP contribution in [0.2, 0.25) is 0 Å². The van der Waals surface area contributed by atoms with Gasteiger partial charge in [0.05, 0.1) is 35.5 Å². The number of rotatable bonds is 10. The van der Waals surface area contributed by atoms with Gasteiger partial charge in [-0.1, -0.05) is 12.2 Å². The van der Waals surface area contributed by atoms with E-state index in [-0.39, 0.29) is 0 Å². The normalized spacial score (nSPS) is 12.9. The second-order valence-corrected chi connectivity index (χ2v) is 6.48. The lowest BCUT2D eigenvalue weighted by Gasteiger charge is -2.24. The third-order valence-electron chi connectivity index (χ3n) is 4.62. The third-order valence-corrected chi connectivity index (χ3v) is 4.62. The largest absolute Gasteiger partial charge is 0.493 e. The topological polar surface area (TPSA) is 75.6 Å². The van der Waals surface area contributed by atoms with Crippen molar-refractivity contribution in [3.05, 3.63) is 41.5 Å². The van der Waals surface area contributed by atoms with Crippen LogP contribution in [0, 0.1) is 0 Å². The number of hydrogen-bond acceptors (Lipinski definition) is 7. The second-order valence-electron chi connectivity index (χ2n) is 6.48. The lowest BCUT2D eigenvalue weighted by Crippen LogP contribution is -2.22. The Labute approximate surface area is 177 Å². The van der Waals surface area contributed by atoms with Crippen molar-refractivity contribution in [2.75, 3.05) is 35.5 Å². The van der Waals surface area contributed by atoms with Crippen LogP contribution in [-0.4, -0.2) is 46.8 Å². The number of aliphatic hydroxyl groups excluding tert-OH is 1. The standard InChI is InChI=1S/C23H30O7/c1-8-9-15-10-17(25-3)23(18(11-15)26-4)30-14(2)21(24)16-12-19(27-5)22(29-7)20(13-16)28-6/h8-14,21,24H,1-7H3/t14-,21+/m1/s1. The number of allylic oxidation sites excluding steroid dienone is 1.